The van der Waals surface area contributed by atoms with Crippen molar-refractivity contribution in [1.82, 2.24) is 0 Å². The molecular formula is C19H21NO5S. The van der Waals surface area contributed by atoms with Crippen molar-refractivity contribution in [1.29, 1.82) is 0 Å². The Morgan fingerprint density at radius 3 is 2.31 bits per heavy atom. The molecule has 1 atom stereocenters. The van der Waals surface area contributed by atoms with Gasteiger partial charge in [0.15, 0.2) is 15.9 Å². The van der Waals surface area contributed by atoms with Crippen LogP contribution in [0.2, 0.25) is 0 Å². The highest BCUT2D eigenvalue weighted by atomic mass is 32.2. The number of amides is 1. The molecule has 26 heavy (non-hydrogen) atoms. The first-order valence-corrected chi connectivity index (χ1v) is 9.80. The van der Waals surface area contributed by atoms with Gasteiger partial charge in [0, 0.05) is 5.69 Å². The number of esters is 1. The monoisotopic (exact) mass is 375 g/mol. The quantitative estimate of drug-likeness (QED) is 0.784. The molecule has 138 valence electrons. The summed E-state index contributed by atoms with van der Waals surface area (Å²) in [4.78, 5) is 24.5. The van der Waals surface area contributed by atoms with Crippen molar-refractivity contribution in [3.8, 4) is 0 Å². The first-order valence-electron chi connectivity index (χ1n) is 8.15. The molecule has 1 N–H and O–H groups in total. The van der Waals surface area contributed by atoms with Crippen LogP contribution in [0.5, 0.6) is 0 Å². The number of aryl methyl sites for hydroxylation is 1. The van der Waals surface area contributed by atoms with Gasteiger partial charge in [-0.05, 0) is 38.1 Å². The van der Waals surface area contributed by atoms with E-state index in [1.807, 2.05) is 19.1 Å². The third-order valence-electron chi connectivity index (χ3n) is 3.79. The van der Waals surface area contributed by atoms with Crippen molar-refractivity contribution in [2.24, 2.45) is 0 Å². The molecule has 1 amide bonds. The van der Waals surface area contributed by atoms with Gasteiger partial charge in [-0.1, -0.05) is 36.8 Å². The number of carbonyl (C=O) groups excluding carboxylic acids is 2. The molecule has 0 spiro atoms. The van der Waals surface area contributed by atoms with Crippen LogP contribution < -0.4 is 5.32 Å². The van der Waals surface area contributed by atoms with Crippen molar-refractivity contribution >= 4 is 27.4 Å². The molecule has 0 aliphatic rings. The van der Waals surface area contributed by atoms with E-state index in [2.05, 4.69) is 5.32 Å². The van der Waals surface area contributed by atoms with E-state index in [1.165, 1.54) is 32.0 Å². The van der Waals surface area contributed by atoms with Gasteiger partial charge in [0.25, 0.3) is 5.91 Å². The van der Waals surface area contributed by atoms with Gasteiger partial charge in [0.05, 0.1) is 16.2 Å². The first-order chi connectivity index (χ1) is 12.2. The number of carbonyl (C=O) groups is 2. The van der Waals surface area contributed by atoms with E-state index in [4.69, 9.17) is 4.74 Å². The van der Waals surface area contributed by atoms with E-state index in [1.54, 1.807) is 18.2 Å². The average molecular weight is 375 g/mol. The molecule has 2 rings (SSSR count). The molecule has 0 saturated carbocycles. The lowest BCUT2D eigenvalue weighted by Crippen LogP contribution is -2.30. The molecular weight excluding hydrogens is 354 g/mol. The largest absolute Gasteiger partial charge is 0.449 e. The molecule has 2 aromatic rings. The Labute approximate surface area is 153 Å². The summed E-state index contributed by atoms with van der Waals surface area (Å²) >= 11 is 0. The molecule has 0 saturated heterocycles. The van der Waals surface area contributed by atoms with E-state index in [0.717, 1.165) is 5.56 Å². The van der Waals surface area contributed by atoms with Crippen molar-refractivity contribution in [2.45, 2.75) is 31.8 Å². The molecule has 0 bridgehead atoms. The predicted molar refractivity (Wildman–Crippen MR) is 98.9 cm³/mol. The van der Waals surface area contributed by atoms with E-state index in [0.29, 0.717) is 5.69 Å². The maximum atomic E-state index is 12.4. The zero-order valence-electron chi connectivity index (χ0n) is 14.9. The van der Waals surface area contributed by atoms with Gasteiger partial charge in [0.2, 0.25) is 0 Å². The Kier molecular flexibility index (Phi) is 6.15. The van der Waals surface area contributed by atoms with Gasteiger partial charge >= 0.3 is 5.97 Å². The van der Waals surface area contributed by atoms with Crippen LogP contribution in [0.15, 0.2) is 53.4 Å². The molecule has 0 aliphatic heterocycles. The molecule has 6 nitrogen and oxygen atoms in total. The predicted octanol–water partition coefficient (Wildman–Crippen LogP) is 2.97. The maximum Gasteiger partial charge on any atom is 0.340 e. The van der Waals surface area contributed by atoms with Crippen LogP contribution in [0, 0.1) is 6.92 Å². The lowest BCUT2D eigenvalue weighted by atomic mass is 10.2. The van der Waals surface area contributed by atoms with Crippen molar-refractivity contribution in [3.63, 3.8) is 0 Å². The SMILES string of the molecule is CCS(=O)(=O)c1ccccc1C(=O)O[C@H](C)C(=O)Nc1ccc(C)cc1. The standard InChI is InChI=1S/C19H21NO5S/c1-4-26(23,24)17-8-6-5-7-16(17)19(22)25-14(3)18(21)20-15-11-9-13(2)10-12-15/h5-12,14H,4H2,1-3H3,(H,20,21)/t14-/m1/s1. The molecule has 7 heteroatoms. The molecule has 0 fully saturated rings. The van der Waals surface area contributed by atoms with Crippen LogP contribution in [-0.4, -0.2) is 32.2 Å². The Hall–Kier alpha value is -2.67. The molecule has 0 aromatic heterocycles. The number of nitrogens with one attached hydrogen (secondary N) is 1. The summed E-state index contributed by atoms with van der Waals surface area (Å²) in [6.45, 7) is 4.85. The van der Waals surface area contributed by atoms with Crippen molar-refractivity contribution in [3.05, 3.63) is 59.7 Å². The van der Waals surface area contributed by atoms with Crippen LogP contribution in [0.3, 0.4) is 0 Å². The van der Waals surface area contributed by atoms with Gasteiger partial charge in [0.1, 0.15) is 0 Å². The minimum Gasteiger partial charge on any atom is -0.449 e. The van der Waals surface area contributed by atoms with Crippen molar-refractivity contribution < 1.29 is 22.7 Å². The summed E-state index contributed by atoms with van der Waals surface area (Å²) in [6, 6.07) is 13.0. The summed E-state index contributed by atoms with van der Waals surface area (Å²) in [5, 5.41) is 2.65. The van der Waals surface area contributed by atoms with Crippen molar-refractivity contribution in [2.75, 3.05) is 11.1 Å². The summed E-state index contributed by atoms with van der Waals surface area (Å²) in [5.41, 5.74) is 1.55. The number of hydrogen-bond acceptors (Lipinski definition) is 5. The Bertz CT molecular complexity index is 904. The summed E-state index contributed by atoms with van der Waals surface area (Å²) in [6.07, 6.45) is -1.08. The topological polar surface area (TPSA) is 89.5 Å². The van der Waals surface area contributed by atoms with E-state index in [-0.39, 0.29) is 16.2 Å². The molecule has 0 unspecified atom stereocenters. The van der Waals surface area contributed by atoms with Crippen LogP contribution >= 0.6 is 0 Å². The third-order valence-corrected chi connectivity index (χ3v) is 5.58. The second kappa shape index (κ2) is 8.14. The summed E-state index contributed by atoms with van der Waals surface area (Å²) in [5.74, 6) is -1.50. The second-order valence-electron chi connectivity index (χ2n) is 5.80. The summed E-state index contributed by atoms with van der Waals surface area (Å²) < 4.78 is 29.4. The number of anilines is 1. The van der Waals surface area contributed by atoms with Crippen LogP contribution in [-0.2, 0) is 19.4 Å². The molecule has 0 heterocycles. The number of hydrogen-bond donors (Lipinski definition) is 1. The lowest BCUT2D eigenvalue weighted by molar-refractivity contribution is -0.123. The number of benzene rings is 2. The van der Waals surface area contributed by atoms with E-state index < -0.39 is 27.8 Å². The van der Waals surface area contributed by atoms with E-state index >= 15 is 0 Å². The highest BCUT2D eigenvalue weighted by Gasteiger charge is 2.25. The Morgan fingerprint density at radius 1 is 1.08 bits per heavy atom. The fourth-order valence-corrected chi connectivity index (χ4v) is 3.30. The maximum absolute atomic E-state index is 12.4. The van der Waals surface area contributed by atoms with E-state index in [9.17, 15) is 18.0 Å². The van der Waals surface area contributed by atoms with Gasteiger partial charge in [-0.2, -0.15) is 0 Å². The molecule has 0 radical (unpaired) electrons. The van der Waals surface area contributed by atoms with Crippen LogP contribution in [0.4, 0.5) is 5.69 Å². The van der Waals surface area contributed by atoms with Crippen LogP contribution in [0.1, 0.15) is 29.8 Å². The Morgan fingerprint density at radius 2 is 1.69 bits per heavy atom. The fourth-order valence-electron chi connectivity index (χ4n) is 2.22. The smallest absolute Gasteiger partial charge is 0.340 e. The minimum absolute atomic E-state index is 0.0793. The highest BCUT2D eigenvalue weighted by Crippen LogP contribution is 2.19. The van der Waals surface area contributed by atoms with Gasteiger partial charge in [-0.3, -0.25) is 4.79 Å². The Balaban J connectivity index is 2.12. The first kappa shape index (κ1) is 19.7. The normalized spacial score (nSPS) is 12.3. The van der Waals surface area contributed by atoms with Gasteiger partial charge in [-0.15, -0.1) is 0 Å². The van der Waals surface area contributed by atoms with Crippen LogP contribution in [0.25, 0.3) is 0 Å². The number of ether oxygens (including phenoxy) is 1. The third kappa shape index (κ3) is 4.70. The highest BCUT2D eigenvalue weighted by molar-refractivity contribution is 7.91. The number of rotatable bonds is 6. The average Bonchev–Trinajstić information content (AvgIpc) is 2.63. The molecule has 2 aromatic carbocycles. The lowest BCUT2D eigenvalue weighted by Gasteiger charge is -2.15. The second-order valence-corrected chi connectivity index (χ2v) is 8.05. The zero-order chi connectivity index (χ0) is 19.3. The molecule has 0 aliphatic carbocycles. The zero-order valence-corrected chi connectivity index (χ0v) is 15.7. The number of sulfone groups is 1. The minimum atomic E-state index is -3.58. The van der Waals surface area contributed by atoms with Gasteiger partial charge < -0.3 is 10.1 Å². The summed E-state index contributed by atoms with van der Waals surface area (Å²) in [7, 11) is -3.58. The fraction of sp³-hybridized carbons (Fsp3) is 0.263. The van der Waals surface area contributed by atoms with Gasteiger partial charge in [-0.25, -0.2) is 13.2 Å².